The van der Waals surface area contributed by atoms with E-state index < -0.39 is 0 Å². The van der Waals surface area contributed by atoms with Crippen LogP contribution in [0.2, 0.25) is 0 Å². The van der Waals surface area contributed by atoms with E-state index in [2.05, 4.69) is 25.3 Å². The molecule has 1 fully saturated rings. The van der Waals surface area contributed by atoms with Gasteiger partial charge in [-0.3, -0.25) is 14.6 Å². The van der Waals surface area contributed by atoms with Crippen LogP contribution in [0.15, 0.2) is 55.1 Å². The number of anilines is 1. The minimum Gasteiger partial charge on any atom is -0.383 e. The summed E-state index contributed by atoms with van der Waals surface area (Å²) in [6.45, 7) is 5.41. The van der Waals surface area contributed by atoms with E-state index in [0.29, 0.717) is 46.6 Å². The lowest BCUT2D eigenvalue weighted by atomic mass is 9.82. The first-order valence-electron chi connectivity index (χ1n) is 13.3. The summed E-state index contributed by atoms with van der Waals surface area (Å²) in [5.74, 6) is -0.514. The van der Waals surface area contributed by atoms with Crippen molar-refractivity contribution in [1.82, 2.24) is 39.7 Å². The highest BCUT2D eigenvalue weighted by molar-refractivity contribution is 6.00. The molecule has 0 bridgehead atoms. The van der Waals surface area contributed by atoms with Gasteiger partial charge in [-0.2, -0.15) is 9.61 Å². The molecule has 3 N–H and O–H groups in total. The van der Waals surface area contributed by atoms with Crippen molar-refractivity contribution < 1.29 is 14.0 Å². The molecule has 6 rings (SSSR count). The first-order chi connectivity index (χ1) is 19.7. The molecule has 1 unspecified atom stereocenters. The number of rotatable bonds is 5. The molecule has 3 atom stereocenters. The smallest absolute Gasteiger partial charge is 0.292 e. The zero-order chi connectivity index (χ0) is 28.8. The topological polar surface area (TPSA) is 148 Å². The molecule has 1 saturated heterocycles. The highest BCUT2D eigenvalue weighted by Gasteiger charge is 2.38. The second-order valence-electron chi connectivity index (χ2n) is 10.4. The molecule has 0 aliphatic carbocycles. The van der Waals surface area contributed by atoms with Crippen molar-refractivity contribution in [1.29, 1.82) is 0 Å². The molecule has 11 nitrogen and oxygen atoms in total. The van der Waals surface area contributed by atoms with E-state index in [9.17, 15) is 14.0 Å². The molecule has 0 radical (unpaired) electrons. The van der Waals surface area contributed by atoms with Gasteiger partial charge >= 0.3 is 0 Å². The van der Waals surface area contributed by atoms with Gasteiger partial charge in [0.15, 0.2) is 11.4 Å². The minimum atomic E-state index is -0.350. The minimum absolute atomic E-state index is 0.130. The second kappa shape index (κ2) is 10.2. The van der Waals surface area contributed by atoms with Gasteiger partial charge in [-0.1, -0.05) is 18.2 Å². The summed E-state index contributed by atoms with van der Waals surface area (Å²) in [4.78, 5) is 40.0. The highest BCUT2D eigenvalue weighted by Crippen LogP contribution is 2.39. The SMILES string of the molecule is CC(=O)c1c([C@@H]2CC(C)N(C(=O)c3nnc[nH]3)[C@@H](C)C2)nc2c(-c3ccc(-c4ccccc4F)nc3)cnn2c1N. The Labute approximate surface area is 234 Å². The maximum Gasteiger partial charge on any atom is 0.292 e. The van der Waals surface area contributed by atoms with Crippen LogP contribution in [0.25, 0.3) is 28.0 Å². The molecule has 1 aliphatic heterocycles. The van der Waals surface area contributed by atoms with Gasteiger partial charge in [0.25, 0.3) is 5.91 Å². The van der Waals surface area contributed by atoms with Crippen molar-refractivity contribution in [3.05, 3.63) is 78.0 Å². The van der Waals surface area contributed by atoms with Gasteiger partial charge in [-0.25, -0.2) is 9.37 Å². The number of nitrogen functional groups attached to an aromatic ring is 1. The molecule has 5 heterocycles. The average Bonchev–Trinajstić information content (AvgIpc) is 3.64. The quantitative estimate of drug-likeness (QED) is 0.306. The fourth-order valence-corrected chi connectivity index (χ4v) is 5.91. The lowest BCUT2D eigenvalue weighted by molar-refractivity contribution is 0.0463. The van der Waals surface area contributed by atoms with Crippen molar-refractivity contribution in [2.75, 3.05) is 5.73 Å². The number of pyridine rings is 1. The van der Waals surface area contributed by atoms with Crippen molar-refractivity contribution in [3.8, 4) is 22.4 Å². The van der Waals surface area contributed by atoms with E-state index in [1.165, 1.54) is 23.8 Å². The molecular formula is C29H28FN9O2. The van der Waals surface area contributed by atoms with Crippen LogP contribution in [0, 0.1) is 5.82 Å². The summed E-state index contributed by atoms with van der Waals surface area (Å²) in [5.41, 5.74) is 10.3. The predicted octanol–water partition coefficient (Wildman–Crippen LogP) is 4.30. The average molecular weight is 554 g/mol. The number of aromatic amines is 1. The number of hydrogen-bond donors (Lipinski definition) is 2. The van der Waals surface area contributed by atoms with Crippen molar-refractivity contribution >= 4 is 23.2 Å². The number of ketones is 1. The van der Waals surface area contributed by atoms with E-state index in [4.69, 9.17) is 10.7 Å². The molecule has 208 valence electrons. The van der Waals surface area contributed by atoms with E-state index in [-0.39, 0.29) is 47.2 Å². The molecule has 0 spiro atoms. The maximum atomic E-state index is 14.3. The van der Waals surface area contributed by atoms with Crippen LogP contribution in [0.1, 0.15) is 66.2 Å². The second-order valence-corrected chi connectivity index (χ2v) is 10.4. The lowest BCUT2D eigenvalue weighted by Crippen LogP contribution is -2.50. The summed E-state index contributed by atoms with van der Waals surface area (Å²) in [7, 11) is 0. The molecule has 1 aliphatic rings. The van der Waals surface area contributed by atoms with Crippen LogP contribution in [0.3, 0.4) is 0 Å². The van der Waals surface area contributed by atoms with Crippen molar-refractivity contribution in [2.45, 2.75) is 51.6 Å². The Hall–Kier alpha value is -5.00. The van der Waals surface area contributed by atoms with Gasteiger partial charge in [-0.15, -0.1) is 10.2 Å². The number of nitrogens with two attached hydrogens (primary N) is 1. The van der Waals surface area contributed by atoms with Crippen LogP contribution < -0.4 is 5.73 Å². The summed E-state index contributed by atoms with van der Waals surface area (Å²) in [6, 6.07) is 9.74. The normalized spacial score (nSPS) is 19.0. The van der Waals surface area contributed by atoms with Crippen LogP contribution >= 0.6 is 0 Å². The number of benzene rings is 1. The largest absolute Gasteiger partial charge is 0.383 e. The van der Waals surface area contributed by atoms with Gasteiger partial charge in [-0.05, 0) is 51.8 Å². The number of Topliss-reactive ketones (excluding diaryl/α,β-unsaturated/α-hetero) is 1. The van der Waals surface area contributed by atoms with E-state index in [1.54, 1.807) is 41.6 Å². The van der Waals surface area contributed by atoms with Crippen LogP contribution in [0.5, 0.6) is 0 Å². The number of amides is 1. The van der Waals surface area contributed by atoms with E-state index in [1.807, 2.05) is 19.9 Å². The summed E-state index contributed by atoms with van der Waals surface area (Å²) >= 11 is 0. The number of likely N-dealkylation sites (tertiary alicyclic amines) is 1. The number of aromatic nitrogens is 7. The standard InChI is InChI=1S/C29H28FN9O2/c1-15-10-19(11-16(2)38(15)29(41)27-33-14-34-37-27)25-24(17(3)40)26(31)39-28(36-25)21(13-35-39)18-8-9-23(32-12-18)20-6-4-5-7-22(20)30/h4-9,12-16,19H,10-11,31H2,1-3H3,(H,33,34,37)/t15-,16?,19-/m0/s1. The Kier molecular flexibility index (Phi) is 6.52. The predicted molar refractivity (Wildman–Crippen MR) is 149 cm³/mol. The fourth-order valence-electron chi connectivity index (χ4n) is 5.91. The Morgan fingerprint density at radius 3 is 2.44 bits per heavy atom. The molecular weight excluding hydrogens is 525 g/mol. The van der Waals surface area contributed by atoms with Gasteiger partial charge in [0.1, 0.15) is 18.0 Å². The number of H-pyrrole nitrogens is 1. The number of piperidine rings is 1. The maximum absolute atomic E-state index is 14.3. The number of halogens is 1. The van der Waals surface area contributed by atoms with E-state index >= 15 is 0 Å². The van der Waals surface area contributed by atoms with Gasteiger partial charge < -0.3 is 15.6 Å². The van der Waals surface area contributed by atoms with Gasteiger partial charge in [0.05, 0.1) is 23.1 Å². The number of hydrogen-bond acceptors (Lipinski definition) is 8. The Bertz CT molecular complexity index is 1750. The molecule has 5 aromatic rings. The Morgan fingerprint density at radius 2 is 1.80 bits per heavy atom. The molecule has 4 aromatic heterocycles. The number of nitrogens with one attached hydrogen (secondary N) is 1. The molecule has 0 saturated carbocycles. The summed E-state index contributed by atoms with van der Waals surface area (Å²) in [6.07, 6.45) is 5.82. The van der Waals surface area contributed by atoms with Gasteiger partial charge in [0.2, 0.25) is 5.82 Å². The molecule has 41 heavy (non-hydrogen) atoms. The van der Waals surface area contributed by atoms with Gasteiger partial charge in [0, 0.05) is 40.9 Å². The zero-order valence-electron chi connectivity index (χ0n) is 22.7. The van der Waals surface area contributed by atoms with Crippen molar-refractivity contribution in [3.63, 3.8) is 0 Å². The summed E-state index contributed by atoms with van der Waals surface area (Å²) < 4.78 is 15.8. The van der Waals surface area contributed by atoms with Crippen LogP contribution in [-0.4, -0.2) is 63.4 Å². The third-order valence-corrected chi connectivity index (χ3v) is 7.73. The number of nitrogens with zero attached hydrogens (tertiary/aromatic N) is 7. The lowest BCUT2D eigenvalue weighted by Gasteiger charge is -2.42. The number of carbonyl (C=O) groups is 2. The fraction of sp³-hybridized carbons (Fsp3) is 0.276. The van der Waals surface area contributed by atoms with E-state index in [0.717, 1.165) is 5.56 Å². The number of fused-ring (bicyclic) bond motifs is 1. The molecule has 1 aromatic carbocycles. The van der Waals surface area contributed by atoms with Crippen LogP contribution in [-0.2, 0) is 0 Å². The number of carbonyl (C=O) groups excluding carboxylic acids is 2. The van der Waals surface area contributed by atoms with Crippen LogP contribution in [0.4, 0.5) is 10.2 Å². The van der Waals surface area contributed by atoms with Crippen molar-refractivity contribution in [2.24, 2.45) is 0 Å². The third kappa shape index (κ3) is 4.50. The summed E-state index contributed by atoms with van der Waals surface area (Å²) in [5, 5.41) is 12.0. The Balaban J connectivity index is 1.38. The molecule has 12 heteroatoms. The molecule has 1 amide bonds. The Morgan fingerprint density at radius 1 is 1.05 bits per heavy atom. The monoisotopic (exact) mass is 553 g/mol. The first kappa shape index (κ1) is 26.2. The highest BCUT2D eigenvalue weighted by atomic mass is 19.1. The zero-order valence-corrected chi connectivity index (χ0v) is 22.7. The first-order valence-corrected chi connectivity index (χ1v) is 13.3. The third-order valence-electron chi connectivity index (χ3n) is 7.73.